The highest BCUT2D eigenvalue weighted by Gasteiger charge is 2.32. The number of benzene rings is 4. The summed E-state index contributed by atoms with van der Waals surface area (Å²) < 4.78 is 3.44. The maximum absolute atomic E-state index is 5.26. The fourth-order valence-electron chi connectivity index (χ4n) is 5.87. The molecule has 0 saturated carbocycles. The van der Waals surface area contributed by atoms with Crippen LogP contribution in [0.15, 0.2) is 130 Å². The Labute approximate surface area is 237 Å². The summed E-state index contributed by atoms with van der Waals surface area (Å²) in [7, 11) is 2.15. The number of aromatic nitrogens is 1. The number of allylic oxidation sites excluding steroid dienone is 3. The topological polar surface area (TPSA) is 32.6 Å². The molecule has 0 amide bonds. The molecule has 192 valence electrons. The Bertz CT molecular complexity index is 1710. The van der Waals surface area contributed by atoms with Gasteiger partial charge in [-0.05, 0) is 73.0 Å². The Kier molecular flexibility index (Phi) is 6.18. The molecule has 1 aliphatic heterocycles. The lowest BCUT2D eigenvalue weighted by atomic mass is 10.0. The molecule has 2 unspecified atom stereocenters. The molecule has 39 heavy (non-hydrogen) atoms. The van der Waals surface area contributed by atoms with E-state index in [0.29, 0.717) is 0 Å². The third-order valence-electron chi connectivity index (χ3n) is 7.85. The van der Waals surface area contributed by atoms with Crippen molar-refractivity contribution in [3.05, 3.63) is 136 Å². The predicted molar refractivity (Wildman–Crippen MR) is 165 cm³/mol. The second-order valence-electron chi connectivity index (χ2n) is 10.2. The van der Waals surface area contributed by atoms with Gasteiger partial charge in [-0.25, -0.2) is 4.99 Å². The number of fused-ring (bicyclic) bond motifs is 3. The first-order chi connectivity index (χ1) is 19.2. The standard InChI is InChI=1S/C34H29BrN4/c1-38-33(24-15-19-26(35)20-16-24)36-32(23-9-3-2-4-10-23)37-34(38)25-17-21-27(22-18-25)39-30-13-7-5-11-28(30)29-12-6-8-14-31(29)39/h2-3,5-9,11-22,33-34H,4,10H2,1H3,(H,36,37). The van der Waals surface area contributed by atoms with E-state index in [1.165, 1.54) is 38.5 Å². The zero-order valence-corrected chi connectivity index (χ0v) is 23.3. The molecule has 0 spiro atoms. The van der Waals surface area contributed by atoms with Crippen molar-refractivity contribution < 1.29 is 0 Å². The largest absolute Gasteiger partial charge is 0.351 e. The summed E-state index contributed by atoms with van der Waals surface area (Å²) >= 11 is 3.58. The molecule has 5 aromatic rings. The highest BCUT2D eigenvalue weighted by molar-refractivity contribution is 9.10. The van der Waals surface area contributed by atoms with Gasteiger partial charge in [-0.15, -0.1) is 0 Å². The number of halogens is 1. The first kappa shape index (κ1) is 24.1. The van der Waals surface area contributed by atoms with Crippen molar-refractivity contribution in [1.29, 1.82) is 0 Å². The Morgan fingerprint density at radius 2 is 1.44 bits per heavy atom. The fraction of sp³-hybridized carbons (Fsp3) is 0.147. The number of aliphatic imine (C=N–C) groups is 1. The van der Waals surface area contributed by atoms with Crippen molar-refractivity contribution in [2.75, 3.05) is 7.05 Å². The number of nitrogens with one attached hydrogen (secondary N) is 1. The monoisotopic (exact) mass is 572 g/mol. The SMILES string of the molecule is CN1C(c2ccc(-n3c4ccccc4c4ccccc43)cc2)N=C(C2=CC=CCC2)NC1c1ccc(Br)cc1. The normalized spacial score (nSPS) is 19.6. The van der Waals surface area contributed by atoms with E-state index < -0.39 is 0 Å². The molecular weight excluding hydrogens is 544 g/mol. The molecule has 1 N–H and O–H groups in total. The van der Waals surface area contributed by atoms with Crippen LogP contribution in [0.5, 0.6) is 0 Å². The summed E-state index contributed by atoms with van der Waals surface area (Å²) in [4.78, 5) is 7.58. The van der Waals surface area contributed by atoms with Crippen LogP contribution < -0.4 is 5.32 Å². The third-order valence-corrected chi connectivity index (χ3v) is 8.38. The molecule has 1 aromatic heterocycles. The van der Waals surface area contributed by atoms with Gasteiger partial charge in [0.1, 0.15) is 18.2 Å². The summed E-state index contributed by atoms with van der Waals surface area (Å²) in [5.74, 6) is 0.988. The lowest BCUT2D eigenvalue weighted by Crippen LogP contribution is -2.46. The zero-order chi connectivity index (χ0) is 26.3. The maximum Gasteiger partial charge on any atom is 0.132 e. The second kappa shape index (κ2) is 9.99. The number of amidine groups is 1. The quantitative estimate of drug-likeness (QED) is 0.234. The Hall–Kier alpha value is -3.93. The van der Waals surface area contributed by atoms with Crippen molar-refractivity contribution in [2.24, 2.45) is 4.99 Å². The van der Waals surface area contributed by atoms with E-state index in [0.717, 1.165) is 28.8 Å². The van der Waals surface area contributed by atoms with Crippen LogP contribution in [-0.2, 0) is 0 Å². The van der Waals surface area contributed by atoms with E-state index in [1.54, 1.807) is 0 Å². The highest BCUT2D eigenvalue weighted by Crippen LogP contribution is 2.36. The zero-order valence-electron chi connectivity index (χ0n) is 21.8. The summed E-state index contributed by atoms with van der Waals surface area (Å²) in [5, 5.41) is 6.29. The lowest BCUT2D eigenvalue weighted by molar-refractivity contribution is 0.152. The molecule has 1 aliphatic carbocycles. The van der Waals surface area contributed by atoms with Crippen molar-refractivity contribution in [1.82, 2.24) is 14.8 Å². The molecule has 4 aromatic carbocycles. The van der Waals surface area contributed by atoms with E-state index in [-0.39, 0.29) is 12.3 Å². The van der Waals surface area contributed by atoms with E-state index in [4.69, 9.17) is 4.99 Å². The van der Waals surface area contributed by atoms with Crippen LogP contribution in [0.25, 0.3) is 27.5 Å². The average molecular weight is 574 g/mol. The summed E-state index contributed by atoms with van der Waals surface area (Å²) in [5.41, 5.74) is 7.25. The van der Waals surface area contributed by atoms with Gasteiger partial charge in [-0.3, -0.25) is 4.90 Å². The molecule has 4 nitrogen and oxygen atoms in total. The van der Waals surface area contributed by atoms with E-state index in [1.807, 2.05) is 0 Å². The minimum absolute atomic E-state index is 0.0134. The number of nitrogens with zero attached hydrogens (tertiary/aromatic N) is 3. The van der Waals surface area contributed by atoms with Crippen LogP contribution in [0.1, 0.15) is 36.3 Å². The van der Waals surface area contributed by atoms with Crippen molar-refractivity contribution in [3.63, 3.8) is 0 Å². The summed E-state index contributed by atoms with van der Waals surface area (Å²) in [6.45, 7) is 0. The fourth-order valence-corrected chi connectivity index (χ4v) is 6.13. The number of para-hydroxylation sites is 2. The van der Waals surface area contributed by atoms with E-state index >= 15 is 0 Å². The van der Waals surface area contributed by atoms with Crippen LogP contribution in [0.4, 0.5) is 0 Å². The van der Waals surface area contributed by atoms with Crippen LogP contribution in [-0.4, -0.2) is 22.4 Å². The van der Waals surface area contributed by atoms with Gasteiger partial charge in [0.25, 0.3) is 0 Å². The molecule has 5 heteroatoms. The molecule has 2 heterocycles. The molecule has 0 saturated heterocycles. The maximum atomic E-state index is 5.26. The van der Waals surface area contributed by atoms with Crippen LogP contribution in [0.2, 0.25) is 0 Å². The Morgan fingerprint density at radius 1 is 0.795 bits per heavy atom. The molecule has 2 aliphatic rings. The molecular formula is C34H29BrN4. The molecule has 2 atom stereocenters. The molecule has 0 radical (unpaired) electrons. The Balaban J connectivity index is 1.30. The van der Waals surface area contributed by atoms with Crippen LogP contribution in [0, 0.1) is 0 Å². The lowest BCUT2D eigenvalue weighted by Gasteiger charge is -2.40. The van der Waals surface area contributed by atoms with Gasteiger partial charge in [-0.2, -0.15) is 0 Å². The van der Waals surface area contributed by atoms with Gasteiger partial charge in [0.15, 0.2) is 0 Å². The van der Waals surface area contributed by atoms with Gasteiger partial charge in [0.05, 0.1) is 11.0 Å². The van der Waals surface area contributed by atoms with Crippen molar-refractivity contribution in [3.8, 4) is 5.69 Å². The van der Waals surface area contributed by atoms with Gasteiger partial charge < -0.3 is 9.88 Å². The minimum atomic E-state index is -0.103. The first-order valence-electron chi connectivity index (χ1n) is 13.4. The summed E-state index contributed by atoms with van der Waals surface area (Å²) in [6.07, 6.45) is 8.51. The van der Waals surface area contributed by atoms with Crippen molar-refractivity contribution in [2.45, 2.75) is 25.2 Å². The summed E-state index contributed by atoms with van der Waals surface area (Å²) in [6, 6.07) is 34.8. The minimum Gasteiger partial charge on any atom is -0.351 e. The van der Waals surface area contributed by atoms with Gasteiger partial charge in [0.2, 0.25) is 0 Å². The Morgan fingerprint density at radius 3 is 2.08 bits per heavy atom. The van der Waals surface area contributed by atoms with Gasteiger partial charge in [0, 0.05) is 20.9 Å². The average Bonchev–Trinajstić information content (AvgIpc) is 3.33. The third kappa shape index (κ3) is 4.32. The number of rotatable bonds is 4. The van der Waals surface area contributed by atoms with E-state index in [9.17, 15) is 0 Å². The van der Waals surface area contributed by atoms with E-state index in [2.05, 4.69) is 153 Å². The van der Waals surface area contributed by atoms with Gasteiger partial charge in [-0.1, -0.05) is 94.8 Å². The molecule has 7 rings (SSSR count). The first-order valence-corrected chi connectivity index (χ1v) is 14.2. The predicted octanol–water partition coefficient (Wildman–Crippen LogP) is 8.45. The van der Waals surface area contributed by atoms with Gasteiger partial charge >= 0.3 is 0 Å². The molecule has 0 bridgehead atoms. The van der Waals surface area contributed by atoms with Crippen molar-refractivity contribution >= 4 is 43.6 Å². The number of hydrogen-bond acceptors (Lipinski definition) is 3. The van der Waals surface area contributed by atoms with Crippen LogP contribution in [0.3, 0.4) is 0 Å². The second-order valence-corrected chi connectivity index (χ2v) is 11.2. The molecule has 0 fully saturated rings. The highest BCUT2D eigenvalue weighted by atomic mass is 79.9. The smallest absolute Gasteiger partial charge is 0.132 e. The van der Waals surface area contributed by atoms with Crippen LogP contribution >= 0.6 is 15.9 Å². The number of hydrogen-bond donors (Lipinski definition) is 1.